The lowest BCUT2D eigenvalue weighted by Gasteiger charge is -2.23. The summed E-state index contributed by atoms with van der Waals surface area (Å²) in [4.78, 5) is 51.1. The number of carbonyl (C=O) groups is 4. The van der Waals surface area contributed by atoms with Crippen LogP contribution in [0.25, 0.3) is 10.8 Å². The maximum Gasteiger partial charge on any atom is 0.343 e. The number of aryl methyl sites for hydroxylation is 1. The Kier molecular flexibility index (Phi) is 9.21. The smallest absolute Gasteiger partial charge is 0.343 e. The molecule has 0 aliphatic heterocycles. The Morgan fingerprint density at radius 1 is 0.814 bits per heavy atom. The van der Waals surface area contributed by atoms with Crippen molar-refractivity contribution in [2.75, 3.05) is 5.32 Å². The normalized spacial score (nSPS) is 13.4. The third-order valence-corrected chi connectivity index (χ3v) is 7.35. The monoisotopic (exact) mass is 576 g/mol. The second kappa shape index (κ2) is 13.6. The van der Waals surface area contributed by atoms with Gasteiger partial charge in [0.15, 0.2) is 0 Å². The highest BCUT2D eigenvalue weighted by Gasteiger charge is 2.21. The Hall–Kier alpha value is -5.31. The van der Waals surface area contributed by atoms with Gasteiger partial charge in [0.05, 0.1) is 23.0 Å². The van der Waals surface area contributed by atoms with Crippen LogP contribution in [0, 0.1) is 6.92 Å². The average molecular weight is 577 g/mol. The Balaban J connectivity index is 1.28. The average Bonchev–Trinajstić information content (AvgIpc) is 3.02. The van der Waals surface area contributed by atoms with Crippen LogP contribution in [0.5, 0.6) is 5.75 Å². The van der Waals surface area contributed by atoms with E-state index < -0.39 is 17.8 Å². The van der Waals surface area contributed by atoms with E-state index in [9.17, 15) is 19.2 Å². The molecule has 0 saturated heterocycles. The quantitative estimate of drug-likeness (QED) is 0.0878. The number of anilines is 1. The van der Waals surface area contributed by atoms with Crippen molar-refractivity contribution in [3.63, 3.8) is 0 Å². The minimum Gasteiger partial charge on any atom is -0.422 e. The highest BCUT2D eigenvalue weighted by Crippen LogP contribution is 2.27. The van der Waals surface area contributed by atoms with Crippen molar-refractivity contribution in [2.24, 2.45) is 5.10 Å². The molecule has 1 aliphatic rings. The Morgan fingerprint density at radius 3 is 2.33 bits per heavy atom. The lowest BCUT2D eigenvalue weighted by atomic mass is 9.95. The van der Waals surface area contributed by atoms with Gasteiger partial charge in [0, 0.05) is 11.6 Å². The Morgan fingerprint density at radius 2 is 1.53 bits per heavy atom. The van der Waals surface area contributed by atoms with E-state index in [0.29, 0.717) is 11.1 Å². The van der Waals surface area contributed by atoms with Gasteiger partial charge in [-0.2, -0.15) is 5.10 Å². The van der Waals surface area contributed by atoms with Crippen molar-refractivity contribution < 1.29 is 23.9 Å². The van der Waals surface area contributed by atoms with E-state index in [-0.39, 0.29) is 28.9 Å². The molecule has 0 bridgehead atoms. The molecule has 3 amide bonds. The number of carbonyl (C=O) groups excluding carboxylic acids is 4. The summed E-state index contributed by atoms with van der Waals surface area (Å²) in [7, 11) is 0. The number of nitrogens with one attached hydrogen (secondary N) is 3. The van der Waals surface area contributed by atoms with Crippen LogP contribution in [-0.2, 0) is 9.59 Å². The zero-order valence-corrected chi connectivity index (χ0v) is 23.8. The second-order valence-electron chi connectivity index (χ2n) is 10.5. The zero-order chi connectivity index (χ0) is 30.2. The predicted molar refractivity (Wildman–Crippen MR) is 165 cm³/mol. The minimum absolute atomic E-state index is 0.0952. The van der Waals surface area contributed by atoms with Crippen molar-refractivity contribution in [3.8, 4) is 5.75 Å². The number of nitrogens with zero attached hydrogens (tertiary/aromatic N) is 1. The number of benzene rings is 4. The minimum atomic E-state index is -1.03. The lowest BCUT2D eigenvalue weighted by Crippen LogP contribution is -2.37. The van der Waals surface area contributed by atoms with E-state index in [4.69, 9.17) is 4.74 Å². The van der Waals surface area contributed by atoms with Crippen LogP contribution in [-0.4, -0.2) is 35.9 Å². The van der Waals surface area contributed by atoms with E-state index in [1.54, 1.807) is 42.5 Å². The Labute approximate surface area is 249 Å². The van der Waals surface area contributed by atoms with Gasteiger partial charge in [0.25, 0.3) is 5.91 Å². The van der Waals surface area contributed by atoms with Crippen LogP contribution in [0.1, 0.15) is 63.9 Å². The van der Waals surface area contributed by atoms with Gasteiger partial charge in [-0.05, 0) is 60.9 Å². The molecule has 9 heteroatoms. The molecule has 1 fully saturated rings. The number of ether oxygens (including phenoxy) is 1. The number of amides is 3. The summed E-state index contributed by atoms with van der Waals surface area (Å²) in [5.41, 5.74) is 4.57. The third kappa shape index (κ3) is 7.32. The molecule has 218 valence electrons. The van der Waals surface area contributed by atoms with Gasteiger partial charge in [-0.1, -0.05) is 79.4 Å². The van der Waals surface area contributed by atoms with E-state index >= 15 is 0 Å². The van der Waals surface area contributed by atoms with Gasteiger partial charge >= 0.3 is 17.8 Å². The molecule has 3 N–H and O–H groups in total. The SMILES string of the molecule is Cc1ccc(C(=O)Oc2ccc3ccccc3c2/C=N\NC(=O)C(=O)Nc2ccccc2C(=O)NC2CCCCC2)cc1. The first-order chi connectivity index (χ1) is 20.9. The zero-order valence-electron chi connectivity index (χ0n) is 23.8. The van der Waals surface area contributed by atoms with Crippen molar-refractivity contribution in [3.05, 3.63) is 107 Å². The molecular weight excluding hydrogens is 544 g/mol. The van der Waals surface area contributed by atoms with Gasteiger partial charge < -0.3 is 15.4 Å². The molecule has 0 aromatic heterocycles. The number of hydrogen-bond donors (Lipinski definition) is 3. The van der Waals surface area contributed by atoms with Crippen LogP contribution >= 0.6 is 0 Å². The fourth-order valence-electron chi connectivity index (χ4n) is 5.03. The molecule has 1 aliphatic carbocycles. The van der Waals surface area contributed by atoms with Crippen LogP contribution in [0.15, 0.2) is 90.0 Å². The summed E-state index contributed by atoms with van der Waals surface area (Å²) >= 11 is 0. The predicted octanol–water partition coefficient (Wildman–Crippen LogP) is 5.52. The molecule has 9 nitrogen and oxygen atoms in total. The number of hydrazone groups is 1. The number of hydrogen-bond acceptors (Lipinski definition) is 6. The summed E-state index contributed by atoms with van der Waals surface area (Å²) in [5, 5.41) is 11.1. The molecule has 0 spiro atoms. The topological polar surface area (TPSA) is 126 Å². The van der Waals surface area contributed by atoms with Crippen molar-refractivity contribution in [2.45, 2.75) is 45.1 Å². The van der Waals surface area contributed by atoms with Gasteiger partial charge in [0.2, 0.25) is 0 Å². The first-order valence-electron chi connectivity index (χ1n) is 14.2. The molecule has 1 saturated carbocycles. The fraction of sp³-hybridized carbons (Fsp3) is 0.206. The van der Waals surface area contributed by atoms with Gasteiger partial charge in [0.1, 0.15) is 5.75 Å². The van der Waals surface area contributed by atoms with E-state index in [0.717, 1.165) is 48.4 Å². The van der Waals surface area contributed by atoms with Gasteiger partial charge in [-0.15, -0.1) is 0 Å². The van der Waals surface area contributed by atoms with E-state index in [2.05, 4.69) is 21.2 Å². The summed E-state index contributed by atoms with van der Waals surface area (Å²) in [6, 6.07) is 24.5. The third-order valence-electron chi connectivity index (χ3n) is 7.35. The van der Waals surface area contributed by atoms with Crippen LogP contribution in [0.2, 0.25) is 0 Å². The van der Waals surface area contributed by atoms with Crippen LogP contribution in [0.4, 0.5) is 5.69 Å². The fourth-order valence-corrected chi connectivity index (χ4v) is 5.03. The molecule has 0 radical (unpaired) electrons. The largest absolute Gasteiger partial charge is 0.422 e. The van der Waals surface area contributed by atoms with E-state index in [1.807, 2.05) is 49.4 Å². The van der Waals surface area contributed by atoms with Crippen LogP contribution in [0.3, 0.4) is 0 Å². The number of fused-ring (bicyclic) bond motifs is 1. The summed E-state index contributed by atoms with van der Waals surface area (Å²) in [6.07, 6.45) is 6.47. The van der Waals surface area contributed by atoms with E-state index in [1.165, 1.54) is 6.21 Å². The molecule has 0 atom stereocenters. The highest BCUT2D eigenvalue weighted by atomic mass is 16.5. The van der Waals surface area contributed by atoms with Crippen molar-refractivity contribution in [1.82, 2.24) is 10.7 Å². The molecule has 4 aromatic carbocycles. The first kappa shape index (κ1) is 29.2. The molecule has 5 rings (SSSR count). The first-order valence-corrected chi connectivity index (χ1v) is 14.2. The summed E-state index contributed by atoms with van der Waals surface area (Å²) < 4.78 is 5.69. The standard InChI is InChI=1S/C34H32N4O5/c1-22-15-17-24(18-16-22)34(42)43-30-20-19-23-9-5-6-12-26(23)28(30)21-35-38-33(41)32(40)37-29-14-8-7-13-27(29)31(39)36-25-10-3-2-4-11-25/h5-9,12-21,25H,2-4,10-11H2,1H3,(H,36,39)(H,37,40)(H,38,41)/b35-21-. The van der Waals surface area contributed by atoms with Gasteiger partial charge in [-0.3, -0.25) is 14.4 Å². The van der Waals surface area contributed by atoms with Gasteiger partial charge in [-0.25, -0.2) is 10.2 Å². The maximum absolute atomic E-state index is 12.9. The molecular formula is C34H32N4O5. The maximum atomic E-state index is 12.9. The number of rotatable bonds is 7. The lowest BCUT2D eigenvalue weighted by molar-refractivity contribution is -0.136. The summed E-state index contributed by atoms with van der Waals surface area (Å²) in [5.74, 6) is -2.62. The van der Waals surface area contributed by atoms with Crippen LogP contribution < -0.4 is 20.8 Å². The van der Waals surface area contributed by atoms with Crippen molar-refractivity contribution in [1.29, 1.82) is 0 Å². The Bertz CT molecular complexity index is 1690. The highest BCUT2D eigenvalue weighted by molar-refractivity contribution is 6.40. The number of esters is 1. The second-order valence-corrected chi connectivity index (χ2v) is 10.5. The summed E-state index contributed by atoms with van der Waals surface area (Å²) in [6.45, 7) is 1.93. The molecule has 43 heavy (non-hydrogen) atoms. The van der Waals surface area contributed by atoms with Crippen molar-refractivity contribution >= 4 is 46.4 Å². The molecule has 0 unspecified atom stereocenters. The number of para-hydroxylation sites is 1. The molecule has 0 heterocycles. The molecule has 4 aromatic rings.